The highest BCUT2D eigenvalue weighted by molar-refractivity contribution is 5.81. The molecule has 0 saturated carbocycles. The summed E-state index contributed by atoms with van der Waals surface area (Å²) in [4.78, 5) is 10.1. The van der Waals surface area contributed by atoms with Crippen LogP contribution in [0.3, 0.4) is 0 Å². The lowest BCUT2D eigenvalue weighted by Crippen LogP contribution is -2.40. The third kappa shape index (κ3) is 3.00. The van der Waals surface area contributed by atoms with Gasteiger partial charge in [0.25, 0.3) is 0 Å². The highest BCUT2D eigenvalue weighted by atomic mass is 19.3. The maximum absolute atomic E-state index is 12.1. The van der Waals surface area contributed by atoms with Crippen molar-refractivity contribution >= 4 is 5.97 Å². The summed E-state index contributed by atoms with van der Waals surface area (Å²) < 4.78 is 62.2. The molecular formula is C6H5F5O2. The molecule has 0 bridgehead atoms. The number of hydrogen-bond acceptors (Lipinski definition) is 2. The first-order chi connectivity index (χ1) is 5.82. The Labute approximate surface area is 70.0 Å². The molecule has 0 saturated heterocycles. The Morgan fingerprint density at radius 1 is 1.38 bits per heavy atom. The van der Waals surface area contributed by atoms with Gasteiger partial charge in [-0.15, -0.1) is 0 Å². The first-order valence-corrected chi connectivity index (χ1v) is 2.95. The number of carbonyl (C=O) groups excluding carboxylic acids is 1. The van der Waals surface area contributed by atoms with Crippen LogP contribution in [-0.2, 0) is 9.53 Å². The summed E-state index contributed by atoms with van der Waals surface area (Å²) in [6, 6.07) is 0. The Morgan fingerprint density at radius 3 is 2.15 bits per heavy atom. The summed E-state index contributed by atoms with van der Waals surface area (Å²) in [5.41, 5.74) is 0. The van der Waals surface area contributed by atoms with Gasteiger partial charge in [-0.25, -0.2) is 13.6 Å². The van der Waals surface area contributed by atoms with Crippen LogP contribution in [0.4, 0.5) is 22.0 Å². The monoisotopic (exact) mass is 204 g/mol. The maximum Gasteiger partial charge on any atom is 0.372 e. The second kappa shape index (κ2) is 4.20. The molecule has 0 aromatic heterocycles. The van der Waals surface area contributed by atoms with E-state index < -0.39 is 24.7 Å². The van der Waals surface area contributed by atoms with Crippen LogP contribution in [0.1, 0.15) is 0 Å². The van der Waals surface area contributed by atoms with Crippen LogP contribution in [0.15, 0.2) is 12.7 Å². The molecule has 76 valence electrons. The second-order valence-electron chi connectivity index (χ2n) is 1.93. The average Bonchev–Trinajstić information content (AvgIpc) is 2.03. The molecule has 0 spiro atoms. The largest absolute Gasteiger partial charge is 0.421 e. The Balaban J connectivity index is 4.32. The Bertz CT molecular complexity index is 203. The zero-order valence-corrected chi connectivity index (χ0v) is 6.15. The van der Waals surface area contributed by atoms with Crippen molar-refractivity contribution in [3.63, 3.8) is 0 Å². The van der Waals surface area contributed by atoms with Gasteiger partial charge >= 0.3 is 24.7 Å². The van der Waals surface area contributed by atoms with Crippen molar-refractivity contribution < 1.29 is 31.5 Å². The van der Waals surface area contributed by atoms with Crippen LogP contribution in [0.25, 0.3) is 0 Å². The van der Waals surface area contributed by atoms with Gasteiger partial charge in [-0.2, -0.15) is 13.2 Å². The van der Waals surface area contributed by atoms with Crippen LogP contribution in [0.5, 0.6) is 0 Å². The lowest BCUT2D eigenvalue weighted by Gasteiger charge is -2.18. The van der Waals surface area contributed by atoms with Crippen molar-refractivity contribution in [2.45, 2.75) is 18.7 Å². The van der Waals surface area contributed by atoms with Crippen LogP contribution in [-0.4, -0.2) is 24.7 Å². The molecule has 1 atom stereocenters. The first-order valence-electron chi connectivity index (χ1n) is 2.95. The third-order valence-electron chi connectivity index (χ3n) is 0.980. The third-order valence-corrected chi connectivity index (χ3v) is 0.980. The predicted octanol–water partition coefficient (Wildman–Crippen LogP) is 1.91. The molecule has 2 nitrogen and oxygen atoms in total. The highest BCUT2D eigenvalue weighted by Gasteiger charge is 2.52. The van der Waals surface area contributed by atoms with Crippen molar-refractivity contribution in [3.05, 3.63) is 12.7 Å². The van der Waals surface area contributed by atoms with E-state index in [2.05, 4.69) is 11.3 Å². The molecule has 0 heterocycles. The van der Waals surface area contributed by atoms with Gasteiger partial charge in [0.1, 0.15) is 0 Å². The SMILES string of the molecule is C=CC(=O)OC(F)C(F)(F)C(F)F. The minimum Gasteiger partial charge on any atom is -0.421 e. The Morgan fingerprint density at radius 2 is 1.85 bits per heavy atom. The summed E-state index contributed by atoms with van der Waals surface area (Å²) >= 11 is 0. The van der Waals surface area contributed by atoms with E-state index in [4.69, 9.17) is 0 Å². The highest BCUT2D eigenvalue weighted by Crippen LogP contribution is 2.29. The second-order valence-corrected chi connectivity index (χ2v) is 1.93. The predicted molar refractivity (Wildman–Crippen MR) is 32.1 cm³/mol. The molecule has 0 aliphatic heterocycles. The van der Waals surface area contributed by atoms with Crippen LogP contribution < -0.4 is 0 Å². The van der Waals surface area contributed by atoms with Gasteiger partial charge in [-0.1, -0.05) is 6.58 Å². The molecule has 0 rings (SSSR count). The van der Waals surface area contributed by atoms with E-state index in [1.165, 1.54) is 0 Å². The lowest BCUT2D eigenvalue weighted by atomic mass is 10.3. The van der Waals surface area contributed by atoms with E-state index in [1.54, 1.807) is 0 Å². The molecule has 1 unspecified atom stereocenters. The van der Waals surface area contributed by atoms with E-state index in [1.807, 2.05) is 0 Å². The quantitative estimate of drug-likeness (QED) is 0.397. The summed E-state index contributed by atoms with van der Waals surface area (Å²) in [6.07, 6.45) is -7.52. The molecule has 0 fully saturated rings. The fourth-order valence-corrected chi connectivity index (χ4v) is 0.328. The molecule has 0 radical (unpaired) electrons. The number of carbonyl (C=O) groups is 1. The molecular weight excluding hydrogens is 199 g/mol. The van der Waals surface area contributed by atoms with E-state index in [9.17, 15) is 26.7 Å². The summed E-state index contributed by atoms with van der Waals surface area (Å²) in [5.74, 6) is -6.54. The average molecular weight is 204 g/mol. The van der Waals surface area contributed by atoms with E-state index in [0.29, 0.717) is 6.08 Å². The number of hydrogen-bond donors (Lipinski definition) is 0. The number of alkyl halides is 5. The van der Waals surface area contributed by atoms with Crippen LogP contribution >= 0.6 is 0 Å². The van der Waals surface area contributed by atoms with Crippen LogP contribution in [0, 0.1) is 0 Å². The van der Waals surface area contributed by atoms with Crippen molar-refractivity contribution in [1.29, 1.82) is 0 Å². The molecule has 0 amide bonds. The van der Waals surface area contributed by atoms with Crippen molar-refractivity contribution in [1.82, 2.24) is 0 Å². The van der Waals surface area contributed by atoms with Gasteiger partial charge in [-0.05, 0) is 0 Å². The normalized spacial score (nSPS) is 14.0. The number of esters is 1. The van der Waals surface area contributed by atoms with E-state index in [-0.39, 0.29) is 0 Å². The van der Waals surface area contributed by atoms with E-state index >= 15 is 0 Å². The summed E-state index contributed by atoms with van der Waals surface area (Å²) in [6.45, 7) is 2.77. The molecule has 13 heavy (non-hydrogen) atoms. The minimum atomic E-state index is -5.00. The minimum absolute atomic E-state index is 0.383. The summed E-state index contributed by atoms with van der Waals surface area (Å²) in [7, 11) is 0. The fraction of sp³-hybridized carbons (Fsp3) is 0.500. The standard InChI is InChI=1S/C6H5F5O2/c1-2-3(12)13-5(9)6(10,11)4(7)8/h2,4-5H,1H2. The smallest absolute Gasteiger partial charge is 0.372 e. The van der Waals surface area contributed by atoms with Gasteiger partial charge in [0.15, 0.2) is 0 Å². The van der Waals surface area contributed by atoms with Crippen molar-refractivity contribution in [2.75, 3.05) is 0 Å². The Kier molecular flexibility index (Phi) is 3.83. The van der Waals surface area contributed by atoms with Crippen LogP contribution in [0.2, 0.25) is 0 Å². The first kappa shape index (κ1) is 11.9. The summed E-state index contributed by atoms with van der Waals surface area (Å²) in [5, 5.41) is 0. The van der Waals surface area contributed by atoms with Gasteiger partial charge < -0.3 is 4.74 Å². The molecule has 0 aromatic carbocycles. The van der Waals surface area contributed by atoms with Crippen molar-refractivity contribution in [2.24, 2.45) is 0 Å². The van der Waals surface area contributed by atoms with Gasteiger partial charge in [-0.3, -0.25) is 0 Å². The number of halogens is 5. The zero-order chi connectivity index (χ0) is 10.6. The van der Waals surface area contributed by atoms with Crippen molar-refractivity contribution in [3.8, 4) is 0 Å². The topological polar surface area (TPSA) is 26.3 Å². The van der Waals surface area contributed by atoms with E-state index in [0.717, 1.165) is 0 Å². The van der Waals surface area contributed by atoms with Gasteiger partial charge in [0, 0.05) is 6.08 Å². The lowest BCUT2D eigenvalue weighted by molar-refractivity contribution is -0.241. The Hall–Kier alpha value is -1.14. The van der Waals surface area contributed by atoms with Gasteiger partial charge in [0.05, 0.1) is 0 Å². The number of rotatable bonds is 4. The molecule has 0 aliphatic rings. The molecule has 0 N–H and O–H groups in total. The maximum atomic E-state index is 12.1. The molecule has 0 aromatic rings. The zero-order valence-electron chi connectivity index (χ0n) is 6.15. The number of ether oxygens (including phenoxy) is 1. The molecule has 0 aliphatic carbocycles. The van der Waals surface area contributed by atoms with Gasteiger partial charge in [0.2, 0.25) is 0 Å². The fourth-order valence-electron chi connectivity index (χ4n) is 0.328. The molecule has 7 heteroatoms.